The highest BCUT2D eigenvalue weighted by Gasteiger charge is 2.32. The van der Waals surface area contributed by atoms with E-state index in [4.69, 9.17) is 0 Å². The van der Waals surface area contributed by atoms with E-state index in [2.05, 4.69) is 0 Å². The summed E-state index contributed by atoms with van der Waals surface area (Å²) in [4.78, 5) is 45.2. The molecule has 1 atom stereocenters. The summed E-state index contributed by atoms with van der Waals surface area (Å²) in [5, 5.41) is 0. The average molecular weight is 284 g/mol. The number of carbonyl (C=O) groups excluding carboxylic acids is 4. The van der Waals surface area contributed by atoms with Crippen molar-refractivity contribution >= 4 is 23.6 Å². The highest BCUT2D eigenvalue weighted by molar-refractivity contribution is 6.15. The van der Waals surface area contributed by atoms with Gasteiger partial charge in [0.1, 0.15) is 0 Å². The lowest BCUT2D eigenvalue weighted by atomic mass is 10.1. The van der Waals surface area contributed by atoms with E-state index in [0.29, 0.717) is 12.0 Å². The monoisotopic (exact) mass is 284 g/mol. The molecule has 0 spiro atoms. The van der Waals surface area contributed by atoms with Crippen molar-refractivity contribution in [3.8, 4) is 0 Å². The summed E-state index contributed by atoms with van der Waals surface area (Å²) in [5.74, 6) is -0.632. The standard InChI is InChI=1S/C6H9NO2.C6H7NO2.2CH4/c2*1-4-3-5(8)7(2)6(4)9;;/h4H,3H2,1-2H3;3H,1-2H3;2*1H4. The summed E-state index contributed by atoms with van der Waals surface area (Å²) >= 11 is 0. The van der Waals surface area contributed by atoms with Gasteiger partial charge in [0.25, 0.3) is 11.8 Å². The molecule has 0 aromatic rings. The Morgan fingerprint density at radius 1 is 1.05 bits per heavy atom. The van der Waals surface area contributed by atoms with Gasteiger partial charge in [-0.3, -0.25) is 29.0 Å². The molecular weight excluding hydrogens is 260 g/mol. The lowest BCUT2D eigenvalue weighted by molar-refractivity contribution is -0.138. The molecule has 1 saturated heterocycles. The Morgan fingerprint density at radius 2 is 1.55 bits per heavy atom. The van der Waals surface area contributed by atoms with Crippen LogP contribution in [0.4, 0.5) is 0 Å². The van der Waals surface area contributed by atoms with E-state index in [9.17, 15) is 19.2 Å². The fraction of sp³-hybridized carbons (Fsp3) is 0.571. The van der Waals surface area contributed by atoms with Gasteiger partial charge in [0.2, 0.25) is 11.8 Å². The summed E-state index contributed by atoms with van der Waals surface area (Å²) < 4.78 is 0. The highest BCUT2D eigenvalue weighted by Crippen LogP contribution is 2.15. The Morgan fingerprint density at radius 3 is 1.65 bits per heavy atom. The molecule has 1 fully saturated rings. The molecule has 114 valence electrons. The summed E-state index contributed by atoms with van der Waals surface area (Å²) in [6.07, 6.45) is 1.72. The van der Waals surface area contributed by atoms with Crippen LogP contribution >= 0.6 is 0 Å². The first-order valence-corrected chi connectivity index (χ1v) is 5.56. The minimum Gasteiger partial charge on any atom is -0.286 e. The Bertz CT molecular complexity index is 454. The van der Waals surface area contributed by atoms with Gasteiger partial charge in [0.15, 0.2) is 0 Å². The van der Waals surface area contributed by atoms with Crippen LogP contribution in [0.5, 0.6) is 0 Å². The molecule has 2 heterocycles. The number of likely N-dealkylation sites (tertiary alicyclic amines) is 1. The minimum absolute atomic E-state index is 0. The number of hydrogen-bond donors (Lipinski definition) is 0. The topological polar surface area (TPSA) is 74.8 Å². The van der Waals surface area contributed by atoms with Gasteiger partial charge in [-0.15, -0.1) is 0 Å². The summed E-state index contributed by atoms with van der Waals surface area (Å²) in [6.45, 7) is 3.40. The molecule has 20 heavy (non-hydrogen) atoms. The second kappa shape index (κ2) is 7.57. The molecule has 6 nitrogen and oxygen atoms in total. The lowest BCUT2D eigenvalue weighted by Crippen LogP contribution is -2.25. The molecule has 0 aromatic carbocycles. The molecular formula is C14H24N2O4. The van der Waals surface area contributed by atoms with Gasteiger partial charge >= 0.3 is 0 Å². The fourth-order valence-electron chi connectivity index (χ4n) is 1.65. The first-order valence-electron chi connectivity index (χ1n) is 5.56. The summed E-state index contributed by atoms with van der Waals surface area (Å²) in [7, 11) is 2.99. The zero-order chi connectivity index (χ0) is 14.0. The molecule has 6 heteroatoms. The summed E-state index contributed by atoms with van der Waals surface area (Å²) in [6, 6.07) is 0. The van der Waals surface area contributed by atoms with Crippen LogP contribution in [-0.2, 0) is 19.2 Å². The summed E-state index contributed by atoms with van der Waals surface area (Å²) in [5.41, 5.74) is 0.516. The molecule has 0 aromatic heterocycles. The number of nitrogens with zero attached hydrogens (tertiary/aromatic N) is 2. The molecule has 0 aliphatic carbocycles. The van der Waals surface area contributed by atoms with Crippen molar-refractivity contribution in [1.29, 1.82) is 0 Å². The number of imide groups is 2. The molecule has 0 saturated carbocycles. The maximum absolute atomic E-state index is 10.8. The number of rotatable bonds is 0. The van der Waals surface area contributed by atoms with Gasteiger partial charge < -0.3 is 0 Å². The number of carbonyl (C=O) groups is 4. The first kappa shape index (κ1) is 20.3. The maximum Gasteiger partial charge on any atom is 0.256 e. The number of amides is 4. The molecule has 2 aliphatic heterocycles. The Balaban J connectivity index is 0. The lowest BCUT2D eigenvalue weighted by Gasteiger charge is -2.03. The van der Waals surface area contributed by atoms with Crippen LogP contribution in [0.15, 0.2) is 11.6 Å². The van der Waals surface area contributed by atoms with Crippen LogP contribution in [0.25, 0.3) is 0 Å². The van der Waals surface area contributed by atoms with Crippen molar-refractivity contribution in [1.82, 2.24) is 9.80 Å². The number of hydrogen-bond acceptors (Lipinski definition) is 4. The van der Waals surface area contributed by atoms with Crippen LogP contribution < -0.4 is 0 Å². The largest absolute Gasteiger partial charge is 0.286 e. The SMILES string of the molecule is C.C.CC1=CC(=O)N(C)C1=O.CC1CC(=O)N(C)C1=O. The van der Waals surface area contributed by atoms with Gasteiger partial charge in [-0.05, 0) is 6.92 Å². The third-order valence-electron chi connectivity index (χ3n) is 2.92. The van der Waals surface area contributed by atoms with Crippen LogP contribution in [0, 0.1) is 5.92 Å². The fourth-order valence-corrected chi connectivity index (χ4v) is 1.65. The van der Waals surface area contributed by atoms with Crippen molar-refractivity contribution in [2.24, 2.45) is 5.92 Å². The molecule has 4 amide bonds. The van der Waals surface area contributed by atoms with Crippen molar-refractivity contribution in [3.05, 3.63) is 11.6 Å². The van der Waals surface area contributed by atoms with Crippen LogP contribution in [-0.4, -0.2) is 47.5 Å². The molecule has 0 bridgehead atoms. The Hall–Kier alpha value is -1.98. The second-order valence-corrected chi connectivity index (χ2v) is 4.43. The minimum atomic E-state index is -0.225. The van der Waals surface area contributed by atoms with Crippen molar-refractivity contribution in [2.75, 3.05) is 14.1 Å². The third kappa shape index (κ3) is 4.01. The molecule has 0 radical (unpaired) electrons. The highest BCUT2D eigenvalue weighted by atomic mass is 16.2. The Labute approximate surface area is 120 Å². The van der Waals surface area contributed by atoms with Gasteiger partial charge in [-0.1, -0.05) is 21.8 Å². The van der Waals surface area contributed by atoms with E-state index in [1.165, 1.54) is 25.1 Å². The molecule has 2 aliphatic rings. The van der Waals surface area contributed by atoms with E-state index in [1.807, 2.05) is 0 Å². The average Bonchev–Trinajstić information content (AvgIpc) is 2.66. The third-order valence-corrected chi connectivity index (χ3v) is 2.92. The van der Waals surface area contributed by atoms with Crippen molar-refractivity contribution < 1.29 is 19.2 Å². The van der Waals surface area contributed by atoms with Crippen LogP contribution in [0.2, 0.25) is 0 Å². The predicted octanol–water partition coefficient (Wildman–Crippen LogP) is 1.21. The van der Waals surface area contributed by atoms with Crippen LogP contribution in [0.3, 0.4) is 0 Å². The predicted molar refractivity (Wildman–Crippen MR) is 76.6 cm³/mol. The smallest absolute Gasteiger partial charge is 0.256 e. The van der Waals surface area contributed by atoms with E-state index in [0.717, 1.165) is 4.90 Å². The Kier molecular flexibility index (Phi) is 7.70. The molecule has 2 rings (SSSR count). The zero-order valence-electron chi connectivity index (χ0n) is 10.9. The quantitative estimate of drug-likeness (QED) is 0.627. The van der Waals surface area contributed by atoms with E-state index in [1.54, 1.807) is 13.8 Å². The molecule has 1 unspecified atom stereocenters. The normalized spacial score (nSPS) is 21.0. The van der Waals surface area contributed by atoms with Crippen LogP contribution in [0.1, 0.15) is 35.1 Å². The van der Waals surface area contributed by atoms with Crippen molar-refractivity contribution in [2.45, 2.75) is 35.1 Å². The van der Waals surface area contributed by atoms with Gasteiger partial charge in [-0.2, -0.15) is 0 Å². The second-order valence-electron chi connectivity index (χ2n) is 4.43. The van der Waals surface area contributed by atoms with Gasteiger partial charge in [0.05, 0.1) is 0 Å². The first-order chi connectivity index (χ1) is 8.25. The maximum atomic E-state index is 10.8. The number of likely N-dealkylation sites (N-methyl/N-ethyl adjacent to an activating group) is 1. The molecule has 0 N–H and O–H groups in total. The van der Waals surface area contributed by atoms with E-state index >= 15 is 0 Å². The van der Waals surface area contributed by atoms with Gasteiger partial charge in [0, 0.05) is 38.1 Å². The van der Waals surface area contributed by atoms with Gasteiger partial charge in [-0.25, -0.2) is 0 Å². The van der Waals surface area contributed by atoms with E-state index < -0.39 is 0 Å². The zero-order valence-corrected chi connectivity index (χ0v) is 10.9. The van der Waals surface area contributed by atoms with E-state index in [-0.39, 0.29) is 44.4 Å². The van der Waals surface area contributed by atoms with Crippen molar-refractivity contribution in [3.63, 3.8) is 0 Å².